The Morgan fingerprint density at radius 3 is 2.50 bits per heavy atom. The summed E-state index contributed by atoms with van der Waals surface area (Å²) in [5, 5.41) is 43.0. The molecule has 3 unspecified atom stereocenters. The number of esters is 1. The number of aromatic hydroxyl groups is 1. The molecule has 4 N–H and O–H groups in total. The number of Topliss-reactive ketones (excluding diaryl/α,β-unsaturated/α-hetero) is 3. The quantitative estimate of drug-likeness (QED) is 0.288. The molecule has 0 heterocycles. The number of phenols is 1. The van der Waals surface area contributed by atoms with Crippen LogP contribution in [-0.4, -0.2) is 56.0 Å². The third-order valence-electron chi connectivity index (χ3n) is 7.00. The molecule has 9 heteroatoms. The standard InChI is InChI=1S/C25H26O9/c1-3-4-7-34-24(32)14-5-6-16(27)20-15(14)9-12-8-13-10-17(28)18(11(2)26)22(30)25(13,33)23(31)19(12)21(20)29/h5-6,12-13,27-28,31,33H,3-4,7-10H2,1-2H3. The predicted molar refractivity (Wildman–Crippen MR) is 117 cm³/mol. The first-order chi connectivity index (χ1) is 16.0. The highest BCUT2D eigenvalue weighted by atomic mass is 16.5. The number of fused-ring (bicyclic) bond motifs is 3. The minimum Gasteiger partial charge on any atom is -0.511 e. The van der Waals surface area contributed by atoms with Crippen molar-refractivity contribution in [3.8, 4) is 5.75 Å². The highest BCUT2D eigenvalue weighted by Gasteiger charge is 2.59. The van der Waals surface area contributed by atoms with Crippen LogP contribution in [0.25, 0.3) is 0 Å². The van der Waals surface area contributed by atoms with E-state index in [-0.39, 0.29) is 48.1 Å². The molecule has 0 bridgehead atoms. The Kier molecular flexibility index (Phi) is 5.85. The van der Waals surface area contributed by atoms with Gasteiger partial charge in [0.05, 0.1) is 17.7 Å². The Morgan fingerprint density at radius 1 is 1.15 bits per heavy atom. The Hall–Kier alpha value is -3.46. The van der Waals surface area contributed by atoms with E-state index < -0.39 is 63.6 Å². The van der Waals surface area contributed by atoms with E-state index in [0.29, 0.717) is 6.42 Å². The van der Waals surface area contributed by atoms with Crippen LogP contribution in [0.1, 0.15) is 65.8 Å². The number of rotatable bonds is 5. The van der Waals surface area contributed by atoms with Crippen LogP contribution in [0.2, 0.25) is 0 Å². The van der Waals surface area contributed by atoms with E-state index >= 15 is 0 Å². The number of benzene rings is 1. The fraction of sp³-hybridized carbons (Fsp3) is 0.440. The first-order valence-corrected chi connectivity index (χ1v) is 11.2. The van der Waals surface area contributed by atoms with Gasteiger partial charge in [0.1, 0.15) is 22.8 Å². The Labute approximate surface area is 195 Å². The van der Waals surface area contributed by atoms with Gasteiger partial charge in [-0.3, -0.25) is 14.4 Å². The maximum Gasteiger partial charge on any atom is 0.338 e. The van der Waals surface area contributed by atoms with Gasteiger partial charge in [-0.15, -0.1) is 0 Å². The number of hydrogen-bond acceptors (Lipinski definition) is 9. The summed E-state index contributed by atoms with van der Waals surface area (Å²) in [6, 6.07) is 2.56. The second-order valence-electron chi connectivity index (χ2n) is 9.08. The van der Waals surface area contributed by atoms with Crippen LogP contribution in [0, 0.1) is 11.8 Å². The summed E-state index contributed by atoms with van der Waals surface area (Å²) in [7, 11) is 0. The van der Waals surface area contributed by atoms with Crippen molar-refractivity contribution in [3.05, 3.63) is 51.5 Å². The molecule has 0 spiro atoms. The molecule has 180 valence electrons. The minimum absolute atomic E-state index is 0.0298. The number of carbonyl (C=O) groups excluding carboxylic acids is 4. The smallest absolute Gasteiger partial charge is 0.338 e. The molecule has 3 aliphatic carbocycles. The van der Waals surface area contributed by atoms with Crippen molar-refractivity contribution in [2.75, 3.05) is 6.61 Å². The van der Waals surface area contributed by atoms with Gasteiger partial charge in [0.2, 0.25) is 5.78 Å². The zero-order valence-electron chi connectivity index (χ0n) is 18.9. The van der Waals surface area contributed by atoms with E-state index in [1.165, 1.54) is 12.1 Å². The lowest BCUT2D eigenvalue weighted by molar-refractivity contribution is -0.144. The molecule has 0 saturated heterocycles. The Bertz CT molecular complexity index is 1190. The van der Waals surface area contributed by atoms with E-state index in [2.05, 4.69) is 0 Å². The van der Waals surface area contributed by atoms with Gasteiger partial charge in [-0.05, 0) is 49.8 Å². The zero-order chi connectivity index (χ0) is 24.9. The zero-order valence-corrected chi connectivity index (χ0v) is 18.9. The number of hydrogen-bond donors (Lipinski definition) is 4. The number of aliphatic hydroxyl groups is 3. The topological polar surface area (TPSA) is 158 Å². The first kappa shape index (κ1) is 23.7. The van der Waals surface area contributed by atoms with Crippen LogP contribution in [-0.2, 0) is 20.7 Å². The summed E-state index contributed by atoms with van der Waals surface area (Å²) in [6.45, 7) is 3.21. The van der Waals surface area contributed by atoms with Crippen LogP contribution in [0.4, 0.5) is 0 Å². The number of unbranched alkanes of at least 4 members (excludes halogenated alkanes) is 1. The number of allylic oxidation sites excluding steroid dienone is 2. The largest absolute Gasteiger partial charge is 0.511 e. The maximum atomic E-state index is 13.4. The van der Waals surface area contributed by atoms with Crippen LogP contribution in [0.15, 0.2) is 34.8 Å². The number of ketones is 3. The number of phenolic OH excluding ortho intramolecular Hbond substituents is 1. The third-order valence-corrected chi connectivity index (χ3v) is 7.00. The lowest BCUT2D eigenvalue weighted by Gasteiger charge is -2.45. The normalized spacial score (nSPS) is 26.1. The predicted octanol–water partition coefficient (Wildman–Crippen LogP) is 2.64. The molecule has 0 aliphatic heterocycles. The summed E-state index contributed by atoms with van der Waals surface area (Å²) < 4.78 is 5.28. The Balaban J connectivity index is 1.82. The molecule has 0 aromatic heterocycles. The molecule has 0 amide bonds. The summed E-state index contributed by atoms with van der Waals surface area (Å²) in [5.74, 6) is -6.80. The van der Waals surface area contributed by atoms with E-state index in [0.717, 1.165) is 13.3 Å². The average Bonchev–Trinajstić information content (AvgIpc) is 2.76. The molecule has 4 rings (SSSR count). The van der Waals surface area contributed by atoms with Gasteiger partial charge < -0.3 is 25.2 Å². The van der Waals surface area contributed by atoms with Gasteiger partial charge in [0, 0.05) is 17.9 Å². The molecular formula is C25H26O9. The van der Waals surface area contributed by atoms with Crippen LogP contribution in [0.5, 0.6) is 5.75 Å². The van der Waals surface area contributed by atoms with Gasteiger partial charge in [-0.25, -0.2) is 4.79 Å². The van der Waals surface area contributed by atoms with E-state index in [1.54, 1.807) is 0 Å². The van der Waals surface area contributed by atoms with Crippen molar-refractivity contribution in [2.45, 2.75) is 51.6 Å². The number of ether oxygens (including phenoxy) is 1. The van der Waals surface area contributed by atoms with Crippen molar-refractivity contribution >= 4 is 23.3 Å². The minimum atomic E-state index is -2.54. The molecule has 9 nitrogen and oxygen atoms in total. The lowest BCUT2D eigenvalue weighted by atomic mass is 9.60. The second kappa shape index (κ2) is 8.39. The molecule has 1 aromatic rings. The molecule has 34 heavy (non-hydrogen) atoms. The summed E-state index contributed by atoms with van der Waals surface area (Å²) in [6.07, 6.45) is 1.35. The highest BCUT2D eigenvalue weighted by Crippen LogP contribution is 2.51. The number of carbonyl (C=O) groups is 4. The van der Waals surface area contributed by atoms with Crippen molar-refractivity contribution in [1.29, 1.82) is 0 Å². The van der Waals surface area contributed by atoms with Crippen LogP contribution >= 0.6 is 0 Å². The highest BCUT2D eigenvalue weighted by molar-refractivity contribution is 6.25. The molecule has 1 aromatic carbocycles. The fourth-order valence-corrected chi connectivity index (χ4v) is 5.31. The third kappa shape index (κ3) is 3.34. The molecular weight excluding hydrogens is 444 g/mol. The Morgan fingerprint density at radius 2 is 1.85 bits per heavy atom. The monoisotopic (exact) mass is 470 g/mol. The van der Waals surface area contributed by atoms with Crippen molar-refractivity contribution < 1.29 is 44.3 Å². The van der Waals surface area contributed by atoms with Crippen molar-refractivity contribution in [3.63, 3.8) is 0 Å². The molecule has 0 radical (unpaired) electrons. The summed E-state index contributed by atoms with van der Waals surface area (Å²) in [4.78, 5) is 51.0. The van der Waals surface area contributed by atoms with E-state index in [9.17, 15) is 39.6 Å². The van der Waals surface area contributed by atoms with Gasteiger partial charge in [-0.1, -0.05) is 13.3 Å². The van der Waals surface area contributed by atoms with Crippen molar-refractivity contribution in [1.82, 2.24) is 0 Å². The molecule has 3 atom stereocenters. The summed E-state index contributed by atoms with van der Waals surface area (Å²) >= 11 is 0. The maximum absolute atomic E-state index is 13.4. The molecule has 0 fully saturated rings. The van der Waals surface area contributed by atoms with Gasteiger partial charge in [0.15, 0.2) is 17.2 Å². The van der Waals surface area contributed by atoms with Crippen LogP contribution < -0.4 is 0 Å². The first-order valence-electron chi connectivity index (χ1n) is 11.2. The molecule has 0 saturated carbocycles. The van der Waals surface area contributed by atoms with Crippen molar-refractivity contribution in [2.24, 2.45) is 11.8 Å². The van der Waals surface area contributed by atoms with Gasteiger partial charge in [-0.2, -0.15) is 0 Å². The van der Waals surface area contributed by atoms with Gasteiger partial charge in [0.25, 0.3) is 0 Å². The van der Waals surface area contributed by atoms with Crippen LogP contribution in [0.3, 0.4) is 0 Å². The molecule has 3 aliphatic rings. The van der Waals surface area contributed by atoms with E-state index in [4.69, 9.17) is 4.74 Å². The summed E-state index contributed by atoms with van der Waals surface area (Å²) in [5.41, 5.74) is -3.19. The average molecular weight is 470 g/mol. The van der Waals surface area contributed by atoms with E-state index in [1.807, 2.05) is 6.92 Å². The van der Waals surface area contributed by atoms with Gasteiger partial charge >= 0.3 is 5.97 Å². The second-order valence-corrected chi connectivity index (χ2v) is 9.08. The SMILES string of the molecule is CCCCOC(=O)c1ccc(O)c2c1CC1CC3CC(O)=C(C(C)=O)C(=O)C3(O)C(O)=C1C2=O. The lowest BCUT2D eigenvalue weighted by Crippen LogP contribution is -2.56. The number of aliphatic hydroxyl groups excluding tert-OH is 2. The fourth-order valence-electron chi connectivity index (χ4n) is 5.31.